The van der Waals surface area contributed by atoms with Gasteiger partial charge in [-0.3, -0.25) is 0 Å². The topological polar surface area (TPSA) is 90.7 Å². The first-order valence-electron chi connectivity index (χ1n) is 10.0. The van der Waals surface area contributed by atoms with Crippen LogP contribution in [-0.2, 0) is 12.2 Å². The van der Waals surface area contributed by atoms with Crippen molar-refractivity contribution in [2.24, 2.45) is 0 Å². The summed E-state index contributed by atoms with van der Waals surface area (Å²) in [6.07, 6.45) is 1.62. The van der Waals surface area contributed by atoms with E-state index in [1.165, 1.54) is 11.8 Å². The van der Waals surface area contributed by atoms with Gasteiger partial charge in [0, 0.05) is 25.4 Å². The molecule has 1 aliphatic rings. The van der Waals surface area contributed by atoms with E-state index < -0.39 is 0 Å². The highest BCUT2D eigenvalue weighted by Crippen LogP contribution is 2.33. The van der Waals surface area contributed by atoms with Gasteiger partial charge in [0.15, 0.2) is 0 Å². The fourth-order valence-corrected chi connectivity index (χ4v) is 4.56. The summed E-state index contributed by atoms with van der Waals surface area (Å²) in [6, 6.07) is 14.2. The van der Waals surface area contributed by atoms with E-state index in [0.29, 0.717) is 39.7 Å². The molecular formula is C23H24N6S. The van der Waals surface area contributed by atoms with E-state index in [4.69, 9.17) is 10.2 Å². The smallest absolute Gasteiger partial charge is 0.148 e. The van der Waals surface area contributed by atoms with Crippen LogP contribution in [0, 0.1) is 34.0 Å². The zero-order valence-corrected chi connectivity index (χ0v) is 18.2. The van der Waals surface area contributed by atoms with Crippen LogP contribution in [-0.4, -0.2) is 43.1 Å². The molecule has 0 bridgehead atoms. The number of nitriles is 3. The normalized spacial score (nSPS) is 14.4. The Bertz CT molecular complexity index is 1030. The summed E-state index contributed by atoms with van der Waals surface area (Å²) in [4.78, 5) is 9.31. The standard InChI is InChI=1S/C23H24N6S/c1-3-19-20(14-25)22(29-10-4-9-28(2)11-12-29)27-23(21(19)15-26)30-16-18-7-5-17(13-24)6-8-18/h5-8H,3-4,9-12,16H2,1-2H3. The second kappa shape index (κ2) is 10.1. The molecule has 1 fully saturated rings. The maximum atomic E-state index is 9.88. The van der Waals surface area contributed by atoms with Crippen LogP contribution in [0.25, 0.3) is 0 Å². The lowest BCUT2D eigenvalue weighted by Gasteiger charge is -2.25. The SMILES string of the molecule is CCc1c(C#N)c(SCc2ccc(C#N)cc2)nc(N2CCCN(C)CC2)c1C#N. The first-order chi connectivity index (χ1) is 14.6. The Morgan fingerprint density at radius 3 is 2.33 bits per heavy atom. The van der Waals surface area contributed by atoms with Crippen molar-refractivity contribution in [2.45, 2.75) is 30.5 Å². The Kier molecular flexibility index (Phi) is 7.31. The van der Waals surface area contributed by atoms with Crippen molar-refractivity contribution >= 4 is 17.6 Å². The fraction of sp³-hybridized carbons (Fsp3) is 0.391. The van der Waals surface area contributed by atoms with Crippen LogP contribution in [0.5, 0.6) is 0 Å². The van der Waals surface area contributed by atoms with E-state index in [1.807, 2.05) is 19.1 Å². The Labute approximate surface area is 182 Å². The van der Waals surface area contributed by atoms with Gasteiger partial charge < -0.3 is 9.80 Å². The first-order valence-corrected chi connectivity index (χ1v) is 11.0. The summed E-state index contributed by atoms with van der Waals surface area (Å²) >= 11 is 1.51. The average molecular weight is 417 g/mol. The largest absolute Gasteiger partial charge is 0.354 e. The predicted molar refractivity (Wildman–Crippen MR) is 118 cm³/mol. The Balaban J connectivity index is 1.97. The molecule has 0 N–H and O–H groups in total. The van der Waals surface area contributed by atoms with Crippen molar-refractivity contribution in [1.29, 1.82) is 15.8 Å². The van der Waals surface area contributed by atoms with Gasteiger partial charge in [-0.05, 0) is 49.7 Å². The van der Waals surface area contributed by atoms with Crippen molar-refractivity contribution in [1.82, 2.24) is 9.88 Å². The van der Waals surface area contributed by atoms with E-state index in [0.717, 1.165) is 43.7 Å². The molecule has 0 saturated carbocycles. The van der Waals surface area contributed by atoms with E-state index in [9.17, 15) is 10.5 Å². The van der Waals surface area contributed by atoms with Crippen molar-refractivity contribution in [3.8, 4) is 18.2 Å². The quantitative estimate of drug-likeness (QED) is 0.687. The molecule has 2 heterocycles. The second-order valence-electron chi connectivity index (χ2n) is 7.29. The van der Waals surface area contributed by atoms with Gasteiger partial charge in [0.2, 0.25) is 0 Å². The molecule has 152 valence electrons. The van der Waals surface area contributed by atoms with Crippen LogP contribution in [0.2, 0.25) is 0 Å². The molecule has 0 unspecified atom stereocenters. The van der Waals surface area contributed by atoms with Gasteiger partial charge in [-0.2, -0.15) is 15.8 Å². The lowest BCUT2D eigenvalue weighted by Crippen LogP contribution is -2.30. The zero-order valence-electron chi connectivity index (χ0n) is 17.4. The Morgan fingerprint density at radius 1 is 0.967 bits per heavy atom. The van der Waals surface area contributed by atoms with Crippen LogP contribution in [0.4, 0.5) is 5.82 Å². The first kappa shape index (κ1) is 21.7. The number of likely N-dealkylation sites (N-methyl/N-ethyl adjacent to an activating group) is 1. The maximum absolute atomic E-state index is 9.88. The van der Waals surface area contributed by atoms with Gasteiger partial charge >= 0.3 is 0 Å². The van der Waals surface area contributed by atoms with Gasteiger partial charge in [0.05, 0.1) is 22.8 Å². The molecule has 0 radical (unpaired) electrons. The number of nitrogens with zero attached hydrogens (tertiary/aromatic N) is 6. The number of pyridine rings is 1. The number of thioether (sulfide) groups is 1. The molecule has 0 spiro atoms. The van der Waals surface area contributed by atoms with Crippen LogP contribution < -0.4 is 4.90 Å². The number of hydrogen-bond acceptors (Lipinski definition) is 7. The van der Waals surface area contributed by atoms with Crippen molar-refractivity contribution in [3.63, 3.8) is 0 Å². The van der Waals surface area contributed by atoms with Crippen molar-refractivity contribution in [3.05, 3.63) is 52.1 Å². The highest BCUT2D eigenvalue weighted by molar-refractivity contribution is 7.98. The molecule has 0 amide bonds. The molecule has 1 aliphatic heterocycles. The minimum atomic E-state index is 0.503. The number of anilines is 1. The van der Waals surface area contributed by atoms with Crippen molar-refractivity contribution in [2.75, 3.05) is 38.1 Å². The van der Waals surface area contributed by atoms with Gasteiger partial charge in [-0.15, -0.1) is 11.8 Å². The third-order valence-corrected chi connectivity index (χ3v) is 6.35. The number of aromatic nitrogens is 1. The lowest BCUT2D eigenvalue weighted by atomic mass is 10.0. The van der Waals surface area contributed by atoms with Crippen molar-refractivity contribution < 1.29 is 0 Å². The molecule has 6 nitrogen and oxygen atoms in total. The number of rotatable bonds is 5. The van der Waals surface area contributed by atoms with E-state index in [-0.39, 0.29) is 0 Å². The number of benzene rings is 1. The minimum Gasteiger partial charge on any atom is -0.354 e. The van der Waals surface area contributed by atoms with Gasteiger partial charge in [-0.1, -0.05) is 19.1 Å². The summed E-state index contributed by atoms with van der Waals surface area (Å²) in [5.74, 6) is 1.34. The average Bonchev–Trinajstić information content (AvgIpc) is 3.00. The van der Waals surface area contributed by atoms with E-state index in [2.05, 4.69) is 35.1 Å². The van der Waals surface area contributed by atoms with Crippen LogP contribution in [0.1, 0.15) is 41.2 Å². The summed E-state index contributed by atoms with van der Waals surface area (Å²) in [7, 11) is 2.11. The molecule has 1 saturated heterocycles. The predicted octanol–water partition coefficient (Wildman–Crippen LogP) is 3.69. The molecule has 0 atom stereocenters. The van der Waals surface area contributed by atoms with E-state index in [1.54, 1.807) is 12.1 Å². The van der Waals surface area contributed by atoms with E-state index >= 15 is 0 Å². The highest BCUT2D eigenvalue weighted by Gasteiger charge is 2.24. The lowest BCUT2D eigenvalue weighted by molar-refractivity contribution is 0.360. The monoisotopic (exact) mass is 416 g/mol. The Morgan fingerprint density at radius 2 is 1.70 bits per heavy atom. The molecule has 1 aromatic heterocycles. The molecular weight excluding hydrogens is 392 g/mol. The summed E-state index contributed by atoms with van der Waals surface area (Å²) in [5.41, 5.74) is 3.50. The highest BCUT2D eigenvalue weighted by atomic mass is 32.2. The van der Waals surface area contributed by atoms with Gasteiger partial charge in [0.25, 0.3) is 0 Å². The molecule has 1 aromatic carbocycles. The summed E-state index contributed by atoms with van der Waals surface area (Å²) in [6.45, 7) is 5.58. The second-order valence-corrected chi connectivity index (χ2v) is 8.25. The molecule has 0 aliphatic carbocycles. The van der Waals surface area contributed by atoms with Gasteiger partial charge in [-0.25, -0.2) is 4.98 Å². The molecule has 2 aromatic rings. The molecule has 7 heteroatoms. The Hall–Kier alpha value is -3.05. The third-order valence-electron chi connectivity index (χ3n) is 5.30. The van der Waals surface area contributed by atoms with Crippen LogP contribution in [0.15, 0.2) is 29.3 Å². The maximum Gasteiger partial charge on any atom is 0.148 e. The summed E-state index contributed by atoms with van der Waals surface area (Å²) in [5, 5.41) is 29.3. The van der Waals surface area contributed by atoms with Crippen LogP contribution >= 0.6 is 11.8 Å². The number of hydrogen-bond donors (Lipinski definition) is 0. The molecule has 3 rings (SSSR count). The van der Waals surface area contributed by atoms with Gasteiger partial charge in [0.1, 0.15) is 23.0 Å². The zero-order chi connectivity index (χ0) is 21.5. The molecule has 30 heavy (non-hydrogen) atoms. The third kappa shape index (κ3) is 4.74. The fourth-order valence-electron chi connectivity index (χ4n) is 3.60. The summed E-state index contributed by atoms with van der Waals surface area (Å²) < 4.78 is 0. The minimum absolute atomic E-state index is 0.503. The van der Waals surface area contributed by atoms with Crippen LogP contribution in [0.3, 0.4) is 0 Å².